The van der Waals surface area contributed by atoms with E-state index in [2.05, 4.69) is 59.5 Å². The van der Waals surface area contributed by atoms with Crippen LogP contribution in [0.25, 0.3) is 11.1 Å². The van der Waals surface area contributed by atoms with Crippen molar-refractivity contribution in [2.24, 2.45) is 5.92 Å². The minimum absolute atomic E-state index is 0.105. The summed E-state index contributed by atoms with van der Waals surface area (Å²) in [6, 6.07) is 19.6. The van der Waals surface area contributed by atoms with E-state index in [1.807, 2.05) is 7.11 Å². The summed E-state index contributed by atoms with van der Waals surface area (Å²) in [5.41, 5.74) is 3.78. The second-order valence-electron chi connectivity index (χ2n) is 6.59. The number of hydrogen-bond acceptors (Lipinski definition) is 2. The Kier molecular flexibility index (Phi) is 3.51. The summed E-state index contributed by atoms with van der Waals surface area (Å²) in [4.78, 5) is 2.55. The Balaban J connectivity index is 1.67. The molecule has 0 aromatic heterocycles. The Morgan fingerprint density at radius 2 is 1.55 bits per heavy atom. The number of fused-ring (bicyclic) bond motifs is 3. The summed E-state index contributed by atoms with van der Waals surface area (Å²) in [5, 5.41) is 0. The third kappa shape index (κ3) is 2.18. The van der Waals surface area contributed by atoms with Crippen LogP contribution < -0.4 is 0 Å². The van der Waals surface area contributed by atoms with Gasteiger partial charge in [0.05, 0.1) is 0 Å². The molecule has 0 saturated carbocycles. The van der Waals surface area contributed by atoms with E-state index in [-0.39, 0.29) is 5.60 Å². The average Bonchev–Trinajstić information content (AvgIpc) is 2.63. The Morgan fingerprint density at radius 3 is 2.09 bits per heavy atom. The molecule has 0 N–H and O–H groups in total. The first kappa shape index (κ1) is 14.0. The van der Waals surface area contributed by atoms with Crippen molar-refractivity contribution in [2.75, 3.05) is 26.7 Å². The molecule has 2 aromatic rings. The molecule has 5 rings (SSSR count). The summed E-state index contributed by atoms with van der Waals surface area (Å²) in [6.07, 6.45) is 2.52. The smallest absolute Gasteiger partial charge is 0.108 e. The van der Waals surface area contributed by atoms with Crippen molar-refractivity contribution >= 4 is 0 Å². The van der Waals surface area contributed by atoms with Crippen molar-refractivity contribution < 1.29 is 4.74 Å². The van der Waals surface area contributed by atoms with Crippen LogP contribution in [0.3, 0.4) is 0 Å². The predicted octanol–water partition coefficient (Wildman–Crippen LogP) is 3.92. The van der Waals surface area contributed by atoms with Gasteiger partial charge in [0.2, 0.25) is 0 Å². The molecule has 3 heterocycles. The highest BCUT2D eigenvalue weighted by molar-refractivity contribution is 5.63. The van der Waals surface area contributed by atoms with Crippen LogP contribution in [0.2, 0.25) is 0 Å². The summed E-state index contributed by atoms with van der Waals surface area (Å²) in [5.74, 6) is 0.657. The number of piperidine rings is 3. The molecule has 22 heavy (non-hydrogen) atoms. The fourth-order valence-corrected chi connectivity index (χ4v) is 4.27. The molecule has 0 amide bonds. The van der Waals surface area contributed by atoms with Gasteiger partial charge in [-0.2, -0.15) is 0 Å². The number of benzene rings is 2. The fraction of sp³-hybridized carbons (Fsp3) is 0.400. The number of methoxy groups -OCH3 is 1. The van der Waals surface area contributed by atoms with Gasteiger partial charge in [-0.1, -0.05) is 54.6 Å². The van der Waals surface area contributed by atoms with Gasteiger partial charge in [0.1, 0.15) is 5.60 Å². The molecule has 0 unspecified atom stereocenters. The molecular weight excluding hydrogens is 270 g/mol. The minimum atomic E-state index is -0.105. The molecule has 2 bridgehead atoms. The second-order valence-corrected chi connectivity index (χ2v) is 6.59. The molecule has 0 aliphatic carbocycles. The van der Waals surface area contributed by atoms with Crippen LogP contribution in [0.5, 0.6) is 0 Å². The Bertz CT molecular complexity index is 629. The molecule has 3 fully saturated rings. The SMILES string of the molecule is CO[C@]1(c2ccc(-c3ccccc3)cc2)CN2CCC1CC2. The molecule has 3 aliphatic heterocycles. The lowest BCUT2D eigenvalue weighted by atomic mass is 9.71. The molecule has 1 atom stereocenters. The van der Waals surface area contributed by atoms with Crippen LogP contribution in [-0.4, -0.2) is 31.6 Å². The van der Waals surface area contributed by atoms with Crippen LogP contribution in [0.15, 0.2) is 54.6 Å². The predicted molar refractivity (Wildman–Crippen MR) is 89.7 cm³/mol. The van der Waals surface area contributed by atoms with Gasteiger partial charge >= 0.3 is 0 Å². The van der Waals surface area contributed by atoms with Crippen molar-refractivity contribution in [2.45, 2.75) is 18.4 Å². The van der Waals surface area contributed by atoms with Crippen LogP contribution >= 0.6 is 0 Å². The highest BCUT2D eigenvalue weighted by Crippen LogP contribution is 2.45. The van der Waals surface area contributed by atoms with E-state index >= 15 is 0 Å². The summed E-state index contributed by atoms with van der Waals surface area (Å²) >= 11 is 0. The van der Waals surface area contributed by atoms with Crippen molar-refractivity contribution in [3.8, 4) is 11.1 Å². The van der Waals surface area contributed by atoms with E-state index in [0.717, 1.165) is 6.54 Å². The lowest BCUT2D eigenvalue weighted by Gasteiger charge is -2.52. The number of hydrogen-bond donors (Lipinski definition) is 0. The zero-order valence-corrected chi connectivity index (χ0v) is 13.2. The van der Waals surface area contributed by atoms with Crippen molar-refractivity contribution in [1.29, 1.82) is 0 Å². The summed E-state index contributed by atoms with van der Waals surface area (Å²) < 4.78 is 6.10. The monoisotopic (exact) mass is 293 g/mol. The molecule has 3 saturated heterocycles. The summed E-state index contributed by atoms with van der Waals surface area (Å²) in [6.45, 7) is 3.51. The number of rotatable bonds is 3. The first-order valence-corrected chi connectivity index (χ1v) is 8.25. The van der Waals surface area contributed by atoms with Gasteiger partial charge in [-0.3, -0.25) is 0 Å². The Labute approximate surface area is 132 Å². The number of ether oxygens (including phenoxy) is 1. The average molecular weight is 293 g/mol. The van der Waals surface area contributed by atoms with Gasteiger partial charge < -0.3 is 9.64 Å². The first-order chi connectivity index (χ1) is 10.8. The van der Waals surface area contributed by atoms with Gasteiger partial charge in [-0.25, -0.2) is 0 Å². The lowest BCUT2D eigenvalue weighted by Crippen LogP contribution is -2.58. The maximum atomic E-state index is 6.10. The fourth-order valence-electron chi connectivity index (χ4n) is 4.27. The quantitative estimate of drug-likeness (QED) is 0.850. The van der Waals surface area contributed by atoms with Crippen LogP contribution in [-0.2, 0) is 10.3 Å². The zero-order valence-electron chi connectivity index (χ0n) is 13.2. The van der Waals surface area contributed by atoms with Crippen LogP contribution in [0, 0.1) is 5.92 Å². The highest BCUT2D eigenvalue weighted by atomic mass is 16.5. The topological polar surface area (TPSA) is 12.5 Å². The third-order valence-electron chi connectivity index (χ3n) is 5.55. The maximum Gasteiger partial charge on any atom is 0.108 e. The van der Waals surface area contributed by atoms with Crippen molar-refractivity contribution in [3.63, 3.8) is 0 Å². The second kappa shape index (κ2) is 5.53. The van der Waals surface area contributed by atoms with E-state index in [4.69, 9.17) is 4.74 Å². The standard InChI is InChI=1S/C20H23NO/c1-22-20(15-21-13-11-19(20)12-14-21)18-9-7-17(8-10-18)16-5-3-2-4-6-16/h2-10,19H,11-15H2,1H3/t20-/m0/s1. The molecule has 0 spiro atoms. The molecule has 2 aromatic carbocycles. The third-order valence-corrected chi connectivity index (χ3v) is 5.55. The van der Waals surface area contributed by atoms with E-state index in [9.17, 15) is 0 Å². The first-order valence-electron chi connectivity index (χ1n) is 8.25. The van der Waals surface area contributed by atoms with E-state index in [1.54, 1.807) is 0 Å². The van der Waals surface area contributed by atoms with Crippen LogP contribution in [0.4, 0.5) is 0 Å². The van der Waals surface area contributed by atoms with Gasteiger partial charge in [-0.05, 0) is 48.5 Å². The summed E-state index contributed by atoms with van der Waals surface area (Å²) in [7, 11) is 1.88. The van der Waals surface area contributed by atoms with E-state index in [1.165, 1.54) is 42.6 Å². The highest BCUT2D eigenvalue weighted by Gasteiger charge is 2.48. The Morgan fingerprint density at radius 1 is 0.909 bits per heavy atom. The van der Waals surface area contributed by atoms with Gasteiger partial charge in [0, 0.05) is 13.7 Å². The molecule has 0 radical (unpaired) electrons. The van der Waals surface area contributed by atoms with Crippen molar-refractivity contribution in [3.05, 3.63) is 60.2 Å². The number of nitrogens with zero attached hydrogens (tertiary/aromatic N) is 1. The van der Waals surface area contributed by atoms with Gasteiger partial charge in [0.15, 0.2) is 0 Å². The van der Waals surface area contributed by atoms with Crippen LogP contribution in [0.1, 0.15) is 18.4 Å². The van der Waals surface area contributed by atoms with E-state index in [0.29, 0.717) is 5.92 Å². The Hall–Kier alpha value is -1.64. The van der Waals surface area contributed by atoms with Gasteiger partial charge in [-0.15, -0.1) is 0 Å². The minimum Gasteiger partial charge on any atom is -0.372 e. The molecule has 2 nitrogen and oxygen atoms in total. The van der Waals surface area contributed by atoms with Crippen molar-refractivity contribution in [1.82, 2.24) is 4.90 Å². The maximum absolute atomic E-state index is 6.10. The molecule has 3 aliphatic rings. The van der Waals surface area contributed by atoms with Gasteiger partial charge in [0.25, 0.3) is 0 Å². The molecular formula is C20H23NO. The largest absolute Gasteiger partial charge is 0.372 e. The normalized spacial score (nSPS) is 30.4. The zero-order chi connectivity index (χ0) is 15.0. The molecule has 114 valence electrons. The molecule has 2 heteroatoms. The van der Waals surface area contributed by atoms with E-state index < -0.39 is 0 Å². The lowest BCUT2D eigenvalue weighted by molar-refractivity contribution is -0.141.